The van der Waals surface area contributed by atoms with E-state index in [4.69, 9.17) is 4.98 Å². The van der Waals surface area contributed by atoms with Crippen LogP contribution >= 0.6 is 0 Å². The highest BCUT2D eigenvalue weighted by Crippen LogP contribution is 2.15. The average molecular weight is 341 g/mol. The topological polar surface area (TPSA) is 46.9 Å². The van der Waals surface area contributed by atoms with Crippen LogP contribution in [0.25, 0.3) is 16.6 Å². The standard InChI is InChI=1S/C22H19N3O/c1-16-11-13-17(14-12-16)23-15-21-24-20-10-6-5-9-19(20)22(26)25(21)18-7-3-2-4-8-18/h2-14,23H,15H2,1H3. The van der Waals surface area contributed by atoms with Crippen LogP contribution in [0.4, 0.5) is 5.69 Å². The number of aryl methyl sites for hydroxylation is 1. The normalized spacial score (nSPS) is 10.8. The summed E-state index contributed by atoms with van der Waals surface area (Å²) in [6.45, 7) is 2.51. The zero-order chi connectivity index (χ0) is 17.9. The third-order valence-corrected chi connectivity index (χ3v) is 4.36. The van der Waals surface area contributed by atoms with E-state index in [2.05, 4.69) is 24.4 Å². The first-order chi connectivity index (χ1) is 12.7. The average Bonchev–Trinajstić information content (AvgIpc) is 2.68. The molecule has 1 N–H and O–H groups in total. The van der Waals surface area contributed by atoms with Gasteiger partial charge in [-0.25, -0.2) is 4.98 Å². The van der Waals surface area contributed by atoms with Gasteiger partial charge in [-0.05, 0) is 43.3 Å². The summed E-state index contributed by atoms with van der Waals surface area (Å²) in [7, 11) is 0. The Morgan fingerprint density at radius 2 is 1.58 bits per heavy atom. The van der Waals surface area contributed by atoms with Crippen LogP contribution in [-0.2, 0) is 6.54 Å². The number of aromatic nitrogens is 2. The fraction of sp³-hybridized carbons (Fsp3) is 0.0909. The molecule has 26 heavy (non-hydrogen) atoms. The SMILES string of the molecule is Cc1ccc(NCc2nc3ccccc3c(=O)n2-c2ccccc2)cc1. The summed E-state index contributed by atoms with van der Waals surface area (Å²) < 4.78 is 1.68. The quantitative estimate of drug-likeness (QED) is 0.602. The molecule has 4 aromatic rings. The number of nitrogens with zero attached hydrogens (tertiary/aromatic N) is 2. The summed E-state index contributed by atoms with van der Waals surface area (Å²) in [5.74, 6) is 0.681. The molecular weight excluding hydrogens is 322 g/mol. The molecule has 0 aliphatic carbocycles. The Morgan fingerprint density at radius 3 is 2.35 bits per heavy atom. The lowest BCUT2D eigenvalue weighted by Gasteiger charge is -2.15. The molecule has 0 aliphatic heterocycles. The summed E-state index contributed by atoms with van der Waals surface area (Å²) >= 11 is 0. The van der Waals surface area contributed by atoms with Crippen molar-refractivity contribution >= 4 is 16.6 Å². The van der Waals surface area contributed by atoms with Crippen molar-refractivity contribution in [2.75, 3.05) is 5.32 Å². The zero-order valence-electron chi connectivity index (χ0n) is 14.5. The minimum atomic E-state index is -0.0532. The van der Waals surface area contributed by atoms with Crippen molar-refractivity contribution in [3.8, 4) is 5.69 Å². The molecule has 4 nitrogen and oxygen atoms in total. The van der Waals surface area contributed by atoms with E-state index in [-0.39, 0.29) is 5.56 Å². The molecule has 0 amide bonds. The van der Waals surface area contributed by atoms with Crippen molar-refractivity contribution in [1.82, 2.24) is 9.55 Å². The van der Waals surface area contributed by atoms with E-state index < -0.39 is 0 Å². The van der Waals surface area contributed by atoms with E-state index in [1.54, 1.807) is 4.57 Å². The van der Waals surface area contributed by atoms with E-state index >= 15 is 0 Å². The monoisotopic (exact) mass is 341 g/mol. The molecule has 0 saturated carbocycles. The van der Waals surface area contributed by atoms with Gasteiger partial charge in [-0.3, -0.25) is 9.36 Å². The summed E-state index contributed by atoms with van der Waals surface area (Å²) in [5.41, 5.74) is 3.68. The molecule has 4 heteroatoms. The van der Waals surface area contributed by atoms with Gasteiger partial charge in [0.25, 0.3) is 5.56 Å². The second-order valence-corrected chi connectivity index (χ2v) is 6.24. The predicted molar refractivity (Wildman–Crippen MR) is 106 cm³/mol. The fourth-order valence-corrected chi connectivity index (χ4v) is 2.99. The Labute approximate surface area is 151 Å². The number of hydrogen-bond acceptors (Lipinski definition) is 3. The first-order valence-corrected chi connectivity index (χ1v) is 8.59. The van der Waals surface area contributed by atoms with Crippen LogP contribution in [0.3, 0.4) is 0 Å². The van der Waals surface area contributed by atoms with E-state index in [0.29, 0.717) is 23.3 Å². The van der Waals surface area contributed by atoms with Crippen LogP contribution in [0, 0.1) is 6.92 Å². The van der Waals surface area contributed by atoms with Crippen LogP contribution < -0.4 is 10.9 Å². The van der Waals surface area contributed by atoms with Gasteiger partial charge in [-0.2, -0.15) is 0 Å². The molecule has 0 aliphatic rings. The number of rotatable bonds is 4. The molecule has 0 saturated heterocycles. The van der Waals surface area contributed by atoms with Crippen molar-refractivity contribution in [3.05, 3.63) is 101 Å². The minimum Gasteiger partial charge on any atom is -0.378 e. The lowest BCUT2D eigenvalue weighted by molar-refractivity contribution is 0.839. The van der Waals surface area contributed by atoms with E-state index in [0.717, 1.165) is 11.4 Å². The highest BCUT2D eigenvalue weighted by Gasteiger charge is 2.12. The molecule has 4 rings (SSSR count). The Hall–Kier alpha value is -3.40. The van der Waals surface area contributed by atoms with Crippen LogP contribution in [0.15, 0.2) is 83.7 Å². The number of hydrogen-bond donors (Lipinski definition) is 1. The molecule has 0 unspecified atom stereocenters. The maximum absolute atomic E-state index is 13.1. The van der Waals surface area contributed by atoms with Gasteiger partial charge in [-0.1, -0.05) is 48.0 Å². The highest BCUT2D eigenvalue weighted by molar-refractivity contribution is 5.77. The zero-order valence-corrected chi connectivity index (χ0v) is 14.5. The number of fused-ring (bicyclic) bond motifs is 1. The van der Waals surface area contributed by atoms with Crippen molar-refractivity contribution in [2.45, 2.75) is 13.5 Å². The highest BCUT2D eigenvalue weighted by atomic mass is 16.1. The van der Waals surface area contributed by atoms with Crippen LogP contribution in [-0.4, -0.2) is 9.55 Å². The van der Waals surface area contributed by atoms with Gasteiger partial charge < -0.3 is 5.32 Å². The Bertz CT molecular complexity index is 1100. The predicted octanol–water partition coefficient (Wildman–Crippen LogP) is 4.31. The molecule has 1 heterocycles. The van der Waals surface area contributed by atoms with Crippen LogP contribution in [0.1, 0.15) is 11.4 Å². The molecule has 0 radical (unpaired) electrons. The third kappa shape index (κ3) is 3.09. The summed E-state index contributed by atoms with van der Waals surface area (Å²) in [6, 6.07) is 25.3. The van der Waals surface area contributed by atoms with Gasteiger partial charge in [0, 0.05) is 5.69 Å². The van der Waals surface area contributed by atoms with Gasteiger partial charge in [-0.15, -0.1) is 0 Å². The number of nitrogens with one attached hydrogen (secondary N) is 1. The molecule has 0 fully saturated rings. The first-order valence-electron chi connectivity index (χ1n) is 8.59. The molecule has 0 atom stereocenters. The van der Waals surface area contributed by atoms with Crippen molar-refractivity contribution in [2.24, 2.45) is 0 Å². The maximum atomic E-state index is 13.1. The lowest BCUT2D eigenvalue weighted by atomic mass is 10.2. The number of anilines is 1. The third-order valence-electron chi connectivity index (χ3n) is 4.36. The van der Waals surface area contributed by atoms with Crippen molar-refractivity contribution < 1.29 is 0 Å². The van der Waals surface area contributed by atoms with Crippen molar-refractivity contribution in [1.29, 1.82) is 0 Å². The first kappa shape index (κ1) is 16.1. The molecule has 3 aromatic carbocycles. The van der Waals surface area contributed by atoms with Gasteiger partial charge >= 0.3 is 0 Å². The molecule has 0 bridgehead atoms. The second kappa shape index (κ2) is 6.84. The largest absolute Gasteiger partial charge is 0.378 e. The van der Waals surface area contributed by atoms with Crippen LogP contribution in [0.5, 0.6) is 0 Å². The smallest absolute Gasteiger partial charge is 0.266 e. The lowest BCUT2D eigenvalue weighted by Crippen LogP contribution is -2.25. The summed E-state index contributed by atoms with van der Waals surface area (Å²) in [5, 5.41) is 3.99. The Kier molecular flexibility index (Phi) is 4.23. The van der Waals surface area contributed by atoms with E-state index in [9.17, 15) is 4.79 Å². The molecular formula is C22H19N3O. The van der Waals surface area contributed by atoms with E-state index in [1.807, 2.05) is 66.7 Å². The fourth-order valence-electron chi connectivity index (χ4n) is 2.99. The van der Waals surface area contributed by atoms with Crippen molar-refractivity contribution in [3.63, 3.8) is 0 Å². The summed E-state index contributed by atoms with van der Waals surface area (Å²) in [4.78, 5) is 17.8. The maximum Gasteiger partial charge on any atom is 0.266 e. The van der Waals surface area contributed by atoms with Gasteiger partial charge in [0.2, 0.25) is 0 Å². The van der Waals surface area contributed by atoms with Gasteiger partial charge in [0.15, 0.2) is 0 Å². The molecule has 1 aromatic heterocycles. The van der Waals surface area contributed by atoms with Gasteiger partial charge in [0.05, 0.1) is 23.1 Å². The van der Waals surface area contributed by atoms with Crippen LogP contribution in [0.2, 0.25) is 0 Å². The van der Waals surface area contributed by atoms with E-state index in [1.165, 1.54) is 5.56 Å². The Morgan fingerprint density at radius 1 is 0.885 bits per heavy atom. The summed E-state index contributed by atoms with van der Waals surface area (Å²) in [6.07, 6.45) is 0. The Balaban J connectivity index is 1.81. The van der Waals surface area contributed by atoms with Gasteiger partial charge in [0.1, 0.15) is 5.82 Å². The minimum absolute atomic E-state index is 0.0532. The second-order valence-electron chi connectivity index (χ2n) is 6.24. The molecule has 128 valence electrons. The number of para-hydroxylation sites is 2. The number of benzene rings is 3. The molecule has 0 spiro atoms.